The first kappa shape index (κ1) is 33.3. The van der Waals surface area contributed by atoms with Crippen LogP contribution in [0.4, 0.5) is 26.3 Å². The Morgan fingerprint density at radius 1 is 0.600 bits per heavy atom. The van der Waals surface area contributed by atoms with E-state index < -0.39 is 30.6 Å². The van der Waals surface area contributed by atoms with Gasteiger partial charge in [0.15, 0.2) is 0 Å². The van der Waals surface area contributed by atoms with Gasteiger partial charge in [0.25, 0.3) is 0 Å². The van der Waals surface area contributed by atoms with Crippen molar-refractivity contribution in [1.82, 2.24) is 0 Å². The standard InChI is InChI=1S/C13H8ClF3O.C7H6BF3O2.C6H4BrClO/c14-11-7-9(4-5-12(11)18)8-2-1-3-10(6-8)13(15,16)17;9-7(10,11)5-2-1-3-6(4-5)8(12)13;7-4-1-2-6(9)5(8)3-4/h1-7,18H;1-4,12-13H;1-3,9H. The molecule has 0 aromatic heterocycles. The van der Waals surface area contributed by atoms with Crippen molar-refractivity contribution in [3.05, 3.63) is 111 Å². The zero-order valence-electron chi connectivity index (χ0n) is 19.9. The molecule has 0 aliphatic carbocycles. The van der Waals surface area contributed by atoms with E-state index in [0.29, 0.717) is 22.2 Å². The van der Waals surface area contributed by atoms with E-state index in [1.54, 1.807) is 18.2 Å². The Balaban J connectivity index is 0.000000224. The molecular formula is C26H18BBrCl2F6O4. The molecule has 4 N–H and O–H groups in total. The lowest BCUT2D eigenvalue weighted by molar-refractivity contribution is -0.138. The number of hydrogen-bond donors (Lipinski definition) is 4. The lowest BCUT2D eigenvalue weighted by Gasteiger charge is -2.09. The Hall–Kier alpha value is -2.90. The quantitative estimate of drug-likeness (QED) is 0.129. The Bertz CT molecular complexity index is 1440. The van der Waals surface area contributed by atoms with E-state index in [9.17, 15) is 31.4 Å². The van der Waals surface area contributed by atoms with E-state index in [1.807, 2.05) is 0 Å². The average Bonchev–Trinajstić information content (AvgIpc) is 2.88. The largest absolute Gasteiger partial charge is 0.506 e. The van der Waals surface area contributed by atoms with Crippen LogP contribution >= 0.6 is 39.1 Å². The van der Waals surface area contributed by atoms with Gasteiger partial charge in [0, 0.05) is 4.47 Å². The molecule has 4 aromatic carbocycles. The van der Waals surface area contributed by atoms with Crippen molar-refractivity contribution in [3.8, 4) is 22.6 Å². The van der Waals surface area contributed by atoms with Crippen LogP contribution in [0.3, 0.4) is 0 Å². The van der Waals surface area contributed by atoms with Crippen LogP contribution in [0.25, 0.3) is 11.1 Å². The molecule has 4 nitrogen and oxygen atoms in total. The molecule has 0 fully saturated rings. The molecule has 0 radical (unpaired) electrons. The molecular weight excluding hydrogens is 652 g/mol. The van der Waals surface area contributed by atoms with Gasteiger partial charge in [0.1, 0.15) is 11.5 Å². The summed E-state index contributed by atoms with van der Waals surface area (Å²) in [6.07, 6.45) is -8.83. The number of rotatable bonds is 2. The molecule has 14 heteroatoms. The summed E-state index contributed by atoms with van der Waals surface area (Å²) >= 11 is 14.5. The van der Waals surface area contributed by atoms with E-state index in [4.69, 9.17) is 38.4 Å². The molecule has 4 rings (SSSR count). The predicted octanol–water partition coefficient (Wildman–Crippen LogP) is 7.92. The van der Waals surface area contributed by atoms with Gasteiger partial charge in [0.05, 0.1) is 21.2 Å². The van der Waals surface area contributed by atoms with Gasteiger partial charge >= 0.3 is 19.5 Å². The molecule has 0 saturated carbocycles. The van der Waals surface area contributed by atoms with Crippen molar-refractivity contribution in [3.63, 3.8) is 0 Å². The van der Waals surface area contributed by atoms with Gasteiger partial charge in [-0.25, -0.2) is 0 Å². The van der Waals surface area contributed by atoms with Crippen LogP contribution in [-0.2, 0) is 12.4 Å². The second-order valence-electron chi connectivity index (χ2n) is 7.84. The highest BCUT2D eigenvalue weighted by atomic mass is 79.9. The predicted molar refractivity (Wildman–Crippen MR) is 146 cm³/mol. The fourth-order valence-electron chi connectivity index (χ4n) is 2.92. The maximum absolute atomic E-state index is 12.6. The van der Waals surface area contributed by atoms with Crippen LogP contribution in [0.2, 0.25) is 10.0 Å². The van der Waals surface area contributed by atoms with Crippen LogP contribution < -0.4 is 5.46 Å². The third kappa shape index (κ3) is 10.3. The van der Waals surface area contributed by atoms with Crippen LogP contribution in [0.15, 0.2) is 89.4 Å². The number of hydrogen-bond acceptors (Lipinski definition) is 4. The fraction of sp³-hybridized carbons (Fsp3) is 0.0769. The van der Waals surface area contributed by atoms with Crippen LogP contribution in [0, 0.1) is 0 Å². The molecule has 0 heterocycles. The maximum atomic E-state index is 12.6. The molecule has 212 valence electrons. The average molecular weight is 670 g/mol. The van der Waals surface area contributed by atoms with E-state index in [2.05, 4.69) is 15.9 Å². The van der Waals surface area contributed by atoms with Gasteiger partial charge in [0.2, 0.25) is 0 Å². The minimum atomic E-state index is -4.45. The summed E-state index contributed by atoms with van der Waals surface area (Å²) < 4.78 is 74.8. The summed E-state index contributed by atoms with van der Waals surface area (Å²) in [6.45, 7) is 0. The summed E-state index contributed by atoms with van der Waals surface area (Å²) in [7, 11) is -1.87. The second-order valence-corrected chi connectivity index (χ2v) is 9.57. The number of halogens is 9. The lowest BCUT2D eigenvalue weighted by Crippen LogP contribution is -2.30. The van der Waals surface area contributed by atoms with Gasteiger partial charge in [-0.1, -0.05) is 81.6 Å². The molecule has 0 aliphatic rings. The van der Waals surface area contributed by atoms with Crippen molar-refractivity contribution in [2.45, 2.75) is 12.4 Å². The van der Waals surface area contributed by atoms with Crippen molar-refractivity contribution >= 4 is 51.7 Å². The SMILES string of the molecule is OB(O)c1cccc(C(F)(F)F)c1.Oc1ccc(-c2cccc(C(F)(F)F)c2)cc1Cl.Oc1ccc(Br)cc1Cl. The number of benzene rings is 4. The van der Waals surface area contributed by atoms with E-state index in [-0.39, 0.29) is 22.0 Å². The van der Waals surface area contributed by atoms with Crippen molar-refractivity contribution < 1.29 is 46.6 Å². The zero-order chi connectivity index (χ0) is 30.3. The molecule has 0 aliphatic heterocycles. The topological polar surface area (TPSA) is 80.9 Å². The third-order valence-electron chi connectivity index (χ3n) is 4.89. The first-order valence-electron chi connectivity index (χ1n) is 10.8. The number of phenolic OH excluding ortho intramolecular Hbond substituents is 2. The van der Waals surface area contributed by atoms with Gasteiger partial charge in [-0.2, -0.15) is 26.3 Å². The minimum absolute atomic E-state index is 0.102. The summed E-state index contributed by atoms with van der Waals surface area (Å²) in [6, 6.07) is 18.0. The zero-order valence-corrected chi connectivity index (χ0v) is 22.9. The van der Waals surface area contributed by atoms with Crippen LogP contribution in [-0.4, -0.2) is 27.4 Å². The van der Waals surface area contributed by atoms with Crippen molar-refractivity contribution in [2.24, 2.45) is 0 Å². The normalized spacial score (nSPS) is 11.1. The van der Waals surface area contributed by atoms with Gasteiger partial charge in [-0.15, -0.1) is 0 Å². The van der Waals surface area contributed by atoms with Crippen LogP contribution in [0.5, 0.6) is 11.5 Å². The molecule has 0 spiro atoms. The van der Waals surface area contributed by atoms with Gasteiger partial charge in [-0.05, 0) is 59.1 Å². The highest BCUT2D eigenvalue weighted by molar-refractivity contribution is 9.10. The smallest absolute Gasteiger partial charge is 0.488 e. The number of phenols is 2. The first-order chi connectivity index (χ1) is 18.5. The van der Waals surface area contributed by atoms with E-state index in [1.165, 1.54) is 36.4 Å². The highest BCUT2D eigenvalue weighted by Gasteiger charge is 2.31. The number of aromatic hydroxyl groups is 2. The minimum Gasteiger partial charge on any atom is -0.506 e. The Kier molecular flexibility index (Phi) is 11.8. The summed E-state index contributed by atoms with van der Waals surface area (Å²) in [5, 5.41) is 35.8. The Labute approximate surface area is 243 Å². The molecule has 0 amide bonds. The monoisotopic (exact) mass is 668 g/mol. The Morgan fingerprint density at radius 3 is 1.55 bits per heavy atom. The molecule has 0 bridgehead atoms. The lowest BCUT2D eigenvalue weighted by atomic mass is 9.79. The maximum Gasteiger partial charge on any atom is 0.488 e. The fourth-order valence-corrected chi connectivity index (χ4v) is 3.77. The van der Waals surface area contributed by atoms with Gasteiger partial charge < -0.3 is 20.3 Å². The summed E-state index contributed by atoms with van der Waals surface area (Å²) in [5.41, 5.74) is -0.868. The molecule has 4 aromatic rings. The first-order valence-corrected chi connectivity index (χ1v) is 12.4. The summed E-state index contributed by atoms with van der Waals surface area (Å²) in [5.74, 6) is 0.00672. The molecule has 0 atom stereocenters. The highest BCUT2D eigenvalue weighted by Crippen LogP contribution is 2.34. The van der Waals surface area contributed by atoms with Crippen molar-refractivity contribution in [2.75, 3.05) is 0 Å². The molecule has 0 unspecified atom stereocenters. The van der Waals surface area contributed by atoms with Gasteiger partial charge in [-0.3, -0.25) is 0 Å². The van der Waals surface area contributed by atoms with Crippen molar-refractivity contribution in [1.29, 1.82) is 0 Å². The number of alkyl halides is 6. The molecule has 40 heavy (non-hydrogen) atoms. The summed E-state index contributed by atoms with van der Waals surface area (Å²) in [4.78, 5) is 0. The van der Waals surface area contributed by atoms with E-state index in [0.717, 1.165) is 28.7 Å². The Morgan fingerprint density at radius 2 is 1.07 bits per heavy atom. The van der Waals surface area contributed by atoms with E-state index >= 15 is 0 Å². The molecule has 0 saturated heterocycles. The third-order valence-corrected chi connectivity index (χ3v) is 5.99. The second kappa shape index (κ2) is 14.1. The van der Waals surface area contributed by atoms with Crippen LogP contribution in [0.1, 0.15) is 11.1 Å².